The maximum absolute atomic E-state index is 6.09. The van der Waals surface area contributed by atoms with Crippen LogP contribution >= 0.6 is 11.3 Å². The number of benzene rings is 2. The van der Waals surface area contributed by atoms with Crippen LogP contribution < -0.4 is 10.1 Å². The molecule has 0 saturated carbocycles. The highest BCUT2D eigenvalue weighted by Crippen LogP contribution is 2.34. The zero-order valence-electron chi connectivity index (χ0n) is 21.8. The average Bonchev–Trinajstić information content (AvgIpc) is 3.60. The number of hydrogen-bond acceptors (Lipinski definition) is 6. The van der Waals surface area contributed by atoms with E-state index in [2.05, 4.69) is 95.3 Å². The molecule has 1 aliphatic rings. The summed E-state index contributed by atoms with van der Waals surface area (Å²) in [5, 5.41) is 7.49. The minimum Gasteiger partial charge on any atom is -0.492 e. The summed E-state index contributed by atoms with van der Waals surface area (Å²) >= 11 is 1.80. The van der Waals surface area contributed by atoms with Crippen LogP contribution in [0.5, 0.6) is 5.75 Å². The van der Waals surface area contributed by atoms with Crippen molar-refractivity contribution >= 4 is 37.9 Å². The highest BCUT2D eigenvalue weighted by atomic mass is 32.1. The molecule has 1 N–H and O–H groups in total. The van der Waals surface area contributed by atoms with Gasteiger partial charge in [-0.05, 0) is 67.9 Å². The zero-order valence-corrected chi connectivity index (χ0v) is 22.6. The minimum absolute atomic E-state index is 0.0648. The second-order valence-electron chi connectivity index (χ2n) is 10.9. The van der Waals surface area contributed by atoms with E-state index < -0.39 is 0 Å². The first kappa shape index (κ1) is 24.1. The molecular weight excluding hydrogens is 480 g/mol. The Morgan fingerprint density at radius 2 is 1.78 bits per heavy atom. The number of thiazole rings is 1. The van der Waals surface area contributed by atoms with Gasteiger partial charge in [-0.15, -0.1) is 11.3 Å². The van der Waals surface area contributed by atoms with Crippen LogP contribution in [-0.2, 0) is 5.41 Å². The Hall–Kier alpha value is -3.29. The Morgan fingerprint density at radius 3 is 2.54 bits per heavy atom. The Kier molecular flexibility index (Phi) is 6.42. The monoisotopic (exact) mass is 514 g/mol. The van der Waals surface area contributed by atoms with Crippen LogP contribution in [0, 0.1) is 0 Å². The molecule has 3 aromatic heterocycles. The molecule has 0 radical (unpaired) electrons. The van der Waals surface area contributed by atoms with Gasteiger partial charge in [0.2, 0.25) is 0 Å². The highest BCUT2D eigenvalue weighted by Gasteiger charge is 2.19. The lowest BCUT2D eigenvalue weighted by atomic mass is 9.93. The van der Waals surface area contributed by atoms with Crippen LogP contribution in [0.15, 0.2) is 65.3 Å². The summed E-state index contributed by atoms with van der Waals surface area (Å²) < 4.78 is 15.1. The van der Waals surface area contributed by atoms with Gasteiger partial charge in [-0.1, -0.05) is 44.5 Å². The first-order chi connectivity index (χ1) is 17.9. The van der Waals surface area contributed by atoms with Gasteiger partial charge in [0.15, 0.2) is 5.82 Å². The van der Waals surface area contributed by atoms with Crippen molar-refractivity contribution in [1.29, 1.82) is 0 Å². The number of ether oxygens (including phenoxy) is 1. The van der Waals surface area contributed by atoms with Crippen molar-refractivity contribution in [3.8, 4) is 16.9 Å². The van der Waals surface area contributed by atoms with Gasteiger partial charge in [0, 0.05) is 35.5 Å². The van der Waals surface area contributed by atoms with Crippen molar-refractivity contribution in [3.05, 3.63) is 66.6 Å². The van der Waals surface area contributed by atoms with Crippen molar-refractivity contribution in [2.45, 2.75) is 45.4 Å². The van der Waals surface area contributed by atoms with Gasteiger partial charge in [0.05, 0.1) is 10.2 Å². The molecule has 6 nitrogen and oxygen atoms in total. The molecule has 37 heavy (non-hydrogen) atoms. The summed E-state index contributed by atoms with van der Waals surface area (Å²) in [5.41, 5.74) is 4.52. The van der Waals surface area contributed by atoms with Gasteiger partial charge in [-0.25, -0.2) is 0 Å². The van der Waals surface area contributed by atoms with E-state index in [0.717, 1.165) is 36.2 Å². The molecule has 0 bridgehead atoms. The lowest BCUT2D eigenvalue weighted by molar-refractivity contribution is 0.183. The molecule has 2 aromatic carbocycles. The number of aromatic nitrogens is 2. The normalized spacial score (nSPS) is 15.0. The first-order valence-electron chi connectivity index (χ1n) is 13.2. The predicted molar refractivity (Wildman–Crippen MR) is 152 cm³/mol. The van der Waals surface area contributed by atoms with Crippen molar-refractivity contribution in [2.24, 2.45) is 0 Å². The fraction of sp³-hybridized carbons (Fsp3) is 0.367. The number of nitrogens with zero attached hydrogens (tertiary/aromatic N) is 3. The summed E-state index contributed by atoms with van der Waals surface area (Å²) in [7, 11) is 0. The molecule has 192 valence electrons. The van der Waals surface area contributed by atoms with Gasteiger partial charge in [0.25, 0.3) is 0 Å². The van der Waals surface area contributed by atoms with E-state index in [4.69, 9.17) is 9.26 Å². The van der Waals surface area contributed by atoms with E-state index in [1.165, 1.54) is 58.5 Å². The second kappa shape index (κ2) is 9.88. The Labute approximate surface area is 221 Å². The summed E-state index contributed by atoms with van der Waals surface area (Å²) in [6.07, 6.45) is 6.23. The van der Waals surface area contributed by atoms with Crippen LogP contribution in [0.3, 0.4) is 0 Å². The topological polar surface area (TPSA) is 54.9 Å². The number of likely N-dealkylation sites (tertiary alicyclic amines) is 1. The van der Waals surface area contributed by atoms with Crippen molar-refractivity contribution < 1.29 is 9.26 Å². The van der Waals surface area contributed by atoms with Gasteiger partial charge in [0.1, 0.15) is 22.9 Å². The average molecular weight is 515 g/mol. The van der Waals surface area contributed by atoms with Gasteiger partial charge in [-0.3, -0.25) is 4.90 Å². The quantitative estimate of drug-likeness (QED) is 0.241. The van der Waals surface area contributed by atoms with Crippen LogP contribution in [-0.4, -0.2) is 40.7 Å². The molecule has 4 heterocycles. The summed E-state index contributed by atoms with van der Waals surface area (Å²) in [5.74, 6) is 2.55. The summed E-state index contributed by atoms with van der Waals surface area (Å²) in [6.45, 7) is 10.5. The molecule has 0 atom stereocenters. The number of rotatable bonds is 7. The van der Waals surface area contributed by atoms with Crippen LogP contribution in [0.25, 0.3) is 26.2 Å². The molecule has 6 rings (SSSR count). The first-order valence-corrected chi connectivity index (χ1v) is 14.0. The van der Waals surface area contributed by atoms with Crippen LogP contribution in [0.1, 0.15) is 45.8 Å². The van der Waals surface area contributed by atoms with Crippen molar-refractivity contribution in [1.82, 2.24) is 14.5 Å². The fourth-order valence-electron chi connectivity index (χ4n) is 4.90. The van der Waals surface area contributed by atoms with E-state index in [1.54, 1.807) is 11.3 Å². The van der Waals surface area contributed by atoms with E-state index in [0.29, 0.717) is 0 Å². The predicted octanol–water partition coefficient (Wildman–Crippen LogP) is 7.71. The van der Waals surface area contributed by atoms with Gasteiger partial charge >= 0.3 is 0 Å². The van der Waals surface area contributed by atoms with E-state index >= 15 is 0 Å². The molecule has 0 unspecified atom stereocenters. The van der Waals surface area contributed by atoms with Crippen molar-refractivity contribution in [2.75, 3.05) is 31.6 Å². The van der Waals surface area contributed by atoms with E-state index in [-0.39, 0.29) is 5.41 Å². The summed E-state index contributed by atoms with van der Waals surface area (Å²) in [4.78, 5) is 3.74. The van der Waals surface area contributed by atoms with Crippen molar-refractivity contribution in [3.63, 3.8) is 0 Å². The third-order valence-corrected chi connectivity index (χ3v) is 8.13. The largest absolute Gasteiger partial charge is 0.492 e. The van der Waals surface area contributed by atoms with Gasteiger partial charge < -0.3 is 19.0 Å². The van der Waals surface area contributed by atoms with E-state index in [1.807, 2.05) is 6.07 Å². The molecule has 1 aliphatic heterocycles. The molecule has 0 amide bonds. The lowest BCUT2D eigenvalue weighted by Gasteiger charge is -2.26. The number of hydrogen-bond donors (Lipinski definition) is 1. The number of nitrogens with one attached hydrogen (secondary N) is 1. The Balaban J connectivity index is 1.13. The standard InChI is InChI=1S/C30H34N4O2S/c1-30(2,3)27-19-28(32-36-27)31-23-9-7-21(8-10-23)22-17-29-34(20-22)25-12-11-24(18-26(25)37-29)35-16-15-33-13-5-4-6-14-33/h7-12,17-20H,4-6,13-16H2,1-3H3,(H,31,32). The molecular formula is C30H34N4O2S. The highest BCUT2D eigenvalue weighted by molar-refractivity contribution is 7.24. The maximum Gasteiger partial charge on any atom is 0.174 e. The maximum atomic E-state index is 6.09. The number of anilines is 2. The van der Waals surface area contributed by atoms with Crippen LogP contribution in [0.4, 0.5) is 11.5 Å². The molecule has 0 aliphatic carbocycles. The van der Waals surface area contributed by atoms with Gasteiger partial charge in [-0.2, -0.15) is 0 Å². The van der Waals surface area contributed by atoms with E-state index in [9.17, 15) is 0 Å². The smallest absolute Gasteiger partial charge is 0.174 e. The zero-order chi connectivity index (χ0) is 25.4. The Morgan fingerprint density at radius 1 is 0.973 bits per heavy atom. The Bertz CT molecular complexity index is 1500. The SMILES string of the molecule is CC(C)(C)c1cc(Nc2ccc(-c3cc4sc5cc(OCCN6CCCCC6)ccc5n4c3)cc2)no1. The summed E-state index contributed by atoms with van der Waals surface area (Å²) in [6, 6.07) is 19.1. The molecule has 1 fully saturated rings. The lowest BCUT2D eigenvalue weighted by Crippen LogP contribution is -2.33. The fourth-order valence-corrected chi connectivity index (χ4v) is 6.01. The molecule has 1 saturated heterocycles. The third kappa shape index (κ3) is 5.24. The molecule has 0 spiro atoms. The molecule has 5 aromatic rings. The van der Waals surface area contributed by atoms with Crippen LogP contribution in [0.2, 0.25) is 0 Å². The minimum atomic E-state index is -0.0648. The number of fused-ring (bicyclic) bond motifs is 3. The number of piperidine rings is 1. The molecule has 7 heteroatoms. The second-order valence-corrected chi connectivity index (χ2v) is 12.0. The third-order valence-electron chi connectivity index (χ3n) is 7.05.